The van der Waals surface area contributed by atoms with Crippen molar-refractivity contribution in [1.29, 1.82) is 0 Å². The molecular weight excluding hydrogens is 713 g/mol. The van der Waals surface area contributed by atoms with E-state index in [0.717, 1.165) is 65.5 Å². The Bertz CT molecular complexity index is 2020. The van der Waals surface area contributed by atoms with Gasteiger partial charge in [-0.1, -0.05) is 173 Å². The van der Waals surface area contributed by atoms with Crippen LogP contribution in [0.2, 0.25) is 0 Å². The highest BCUT2D eigenvalue weighted by Crippen LogP contribution is 2.46. The molecule has 0 N–H and O–H groups in total. The number of Topliss-reactive ketones (excluding diaryl/α,β-unsaturated/α-hetero) is 2. The van der Waals surface area contributed by atoms with Gasteiger partial charge in [-0.2, -0.15) is 0 Å². The maximum absolute atomic E-state index is 14.1. The Morgan fingerprint density at radius 2 is 0.596 bits per heavy atom. The highest BCUT2D eigenvalue weighted by atomic mass is 32.1. The Morgan fingerprint density at radius 1 is 0.351 bits per heavy atom. The fourth-order valence-corrected chi connectivity index (χ4v) is 8.74. The molecule has 2 aliphatic rings. The van der Waals surface area contributed by atoms with Crippen LogP contribution in [0.3, 0.4) is 0 Å². The summed E-state index contributed by atoms with van der Waals surface area (Å²) in [5, 5.41) is 0. The highest BCUT2D eigenvalue weighted by molar-refractivity contribution is 7.14. The van der Waals surface area contributed by atoms with Crippen molar-refractivity contribution in [2.45, 2.75) is 135 Å². The van der Waals surface area contributed by atoms with Gasteiger partial charge in [-0.05, 0) is 102 Å². The SMILES string of the molecule is CC(C)(C)C1=CC(=C(c2ccc(C(C)(C)C)cc2)c2ccc(C(=C3C=C(C(C)(C)C)C(=O)C(C(C)(C)C)=C3)c3ccc(C(C)(C)C)cc3)s2)C=C(C(C)(C)C)C1=O. The second kappa shape index (κ2) is 14.9. The summed E-state index contributed by atoms with van der Waals surface area (Å²) in [5.41, 5.74) is 11.1. The van der Waals surface area contributed by atoms with Crippen LogP contribution >= 0.6 is 11.3 Å². The number of thiophene rings is 1. The monoisotopic (exact) mass is 780 g/mol. The summed E-state index contributed by atoms with van der Waals surface area (Å²) in [5.74, 6) is 0.266. The molecule has 57 heavy (non-hydrogen) atoms. The van der Waals surface area contributed by atoms with Gasteiger partial charge in [0.1, 0.15) is 0 Å². The largest absolute Gasteiger partial charge is 0.289 e. The van der Waals surface area contributed by atoms with Crippen LogP contribution in [-0.2, 0) is 20.4 Å². The van der Waals surface area contributed by atoms with Gasteiger partial charge in [-0.15, -0.1) is 11.3 Å². The van der Waals surface area contributed by atoms with Gasteiger partial charge in [0, 0.05) is 43.2 Å². The molecule has 1 heterocycles. The molecule has 0 spiro atoms. The van der Waals surface area contributed by atoms with E-state index >= 15 is 0 Å². The summed E-state index contributed by atoms with van der Waals surface area (Å²) < 4.78 is 0. The van der Waals surface area contributed by atoms with Crippen molar-refractivity contribution < 1.29 is 9.59 Å². The highest BCUT2D eigenvalue weighted by Gasteiger charge is 2.37. The average Bonchev–Trinajstić information content (AvgIpc) is 3.52. The zero-order valence-electron chi connectivity index (χ0n) is 38.3. The van der Waals surface area contributed by atoms with Gasteiger partial charge < -0.3 is 0 Å². The first-order valence-electron chi connectivity index (χ1n) is 20.7. The van der Waals surface area contributed by atoms with Gasteiger partial charge in [0.25, 0.3) is 0 Å². The fraction of sp³-hybridized carbons (Fsp3) is 0.444. The molecule has 0 saturated heterocycles. The van der Waals surface area contributed by atoms with Crippen LogP contribution in [0.4, 0.5) is 0 Å². The molecule has 2 nitrogen and oxygen atoms in total. The maximum atomic E-state index is 14.1. The molecule has 1 aromatic heterocycles. The topological polar surface area (TPSA) is 34.1 Å². The molecule has 3 heteroatoms. The van der Waals surface area contributed by atoms with Crippen molar-refractivity contribution in [1.82, 2.24) is 0 Å². The minimum Gasteiger partial charge on any atom is -0.289 e. The van der Waals surface area contributed by atoms with Gasteiger partial charge in [-0.3, -0.25) is 9.59 Å². The summed E-state index contributed by atoms with van der Waals surface area (Å²) in [7, 11) is 0. The van der Waals surface area contributed by atoms with Gasteiger partial charge in [0.15, 0.2) is 11.6 Å². The van der Waals surface area contributed by atoms with Crippen LogP contribution in [0.5, 0.6) is 0 Å². The van der Waals surface area contributed by atoms with Crippen LogP contribution in [0, 0.1) is 21.7 Å². The van der Waals surface area contributed by atoms with Crippen molar-refractivity contribution in [3.8, 4) is 0 Å². The first kappa shape index (κ1) is 44.0. The zero-order valence-corrected chi connectivity index (χ0v) is 39.1. The Labute approximate surface area is 349 Å². The van der Waals surface area contributed by atoms with E-state index in [0.29, 0.717) is 0 Å². The van der Waals surface area contributed by atoms with Gasteiger partial charge in [-0.25, -0.2) is 0 Å². The molecule has 2 aliphatic carbocycles. The second-order valence-corrected chi connectivity index (χ2v) is 23.5. The van der Waals surface area contributed by atoms with Crippen molar-refractivity contribution in [3.05, 3.63) is 150 Å². The lowest BCUT2D eigenvalue weighted by Gasteiger charge is -2.32. The van der Waals surface area contributed by atoms with E-state index in [2.05, 4.69) is 210 Å². The Morgan fingerprint density at radius 3 is 0.807 bits per heavy atom. The van der Waals surface area contributed by atoms with E-state index < -0.39 is 0 Å². The Hall–Kier alpha value is -4.08. The quantitative estimate of drug-likeness (QED) is 0.264. The minimum atomic E-state index is -0.335. The lowest BCUT2D eigenvalue weighted by atomic mass is 9.71. The third-order valence-corrected chi connectivity index (χ3v) is 12.3. The minimum absolute atomic E-state index is 0.0155. The number of rotatable bonds is 4. The predicted molar refractivity (Wildman–Crippen MR) is 247 cm³/mol. The van der Waals surface area contributed by atoms with Crippen molar-refractivity contribution in [2.75, 3.05) is 0 Å². The summed E-state index contributed by atoms with van der Waals surface area (Å²) in [6.45, 7) is 39.1. The fourth-order valence-electron chi connectivity index (χ4n) is 7.56. The molecule has 0 radical (unpaired) electrons. The first-order valence-corrected chi connectivity index (χ1v) is 21.5. The van der Waals surface area contributed by atoms with Gasteiger partial charge >= 0.3 is 0 Å². The Balaban J connectivity index is 1.90. The zero-order chi connectivity index (χ0) is 42.8. The Kier molecular flexibility index (Phi) is 11.5. The number of hydrogen-bond acceptors (Lipinski definition) is 3. The van der Waals surface area contributed by atoms with Crippen molar-refractivity contribution in [3.63, 3.8) is 0 Å². The van der Waals surface area contributed by atoms with Crippen LogP contribution in [-0.4, -0.2) is 11.6 Å². The van der Waals surface area contributed by atoms with Crippen molar-refractivity contribution in [2.24, 2.45) is 21.7 Å². The molecule has 0 fully saturated rings. The molecule has 0 saturated carbocycles. The summed E-state index contributed by atoms with van der Waals surface area (Å²) in [6, 6.07) is 22.5. The normalized spacial score (nSPS) is 16.3. The van der Waals surface area contributed by atoms with Gasteiger partial charge in [0.2, 0.25) is 0 Å². The number of benzene rings is 2. The summed E-state index contributed by atoms with van der Waals surface area (Å²) in [6.07, 6.45) is 8.60. The third-order valence-electron chi connectivity index (χ3n) is 11.2. The molecule has 5 rings (SSSR count). The molecule has 0 atom stereocenters. The standard InChI is InChI=1S/C54H68O2S/c1-49(2,3)37-23-19-33(20-24-37)45(35-29-39(51(7,8)9)47(55)40(30-35)52(10,11)12)43-27-28-44(57-43)46(34-21-25-38(26-22-34)50(4,5)6)36-31-41(53(13,14)15)48(56)42(32-36)54(16,17)18/h19-32H,1-18H3. The number of carbonyl (C=O) groups excluding carboxylic acids is 2. The smallest absolute Gasteiger partial charge is 0.186 e. The maximum Gasteiger partial charge on any atom is 0.186 e. The molecule has 0 unspecified atom stereocenters. The van der Waals surface area contributed by atoms with Crippen molar-refractivity contribution >= 4 is 34.0 Å². The molecule has 302 valence electrons. The van der Waals surface area contributed by atoms with E-state index in [9.17, 15) is 9.59 Å². The van der Waals surface area contributed by atoms with Crippen LogP contribution < -0.4 is 0 Å². The van der Waals surface area contributed by atoms with E-state index in [1.165, 1.54) is 11.1 Å². The molecular formula is C54H68O2S. The van der Waals surface area contributed by atoms with E-state index in [-0.39, 0.29) is 44.1 Å². The van der Waals surface area contributed by atoms with Gasteiger partial charge in [0.05, 0.1) is 0 Å². The van der Waals surface area contributed by atoms with Crippen LogP contribution in [0.1, 0.15) is 157 Å². The first-order chi connectivity index (χ1) is 25.9. The van der Waals surface area contributed by atoms with Crippen LogP contribution in [0.15, 0.2) is 118 Å². The molecule has 2 aromatic carbocycles. The lowest BCUT2D eigenvalue weighted by molar-refractivity contribution is -0.114. The molecule has 0 bridgehead atoms. The number of carbonyl (C=O) groups is 2. The molecule has 0 aliphatic heterocycles. The predicted octanol–water partition coefficient (Wildman–Crippen LogP) is 15.0. The lowest BCUT2D eigenvalue weighted by Crippen LogP contribution is -2.28. The third kappa shape index (κ3) is 9.46. The number of allylic oxidation sites excluding steroid dienone is 10. The van der Waals surface area contributed by atoms with Crippen LogP contribution in [0.25, 0.3) is 11.1 Å². The summed E-state index contributed by atoms with van der Waals surface area (Å²) in [4.78, 5) is 30.5. The molecule has 3 aromatic rings. The number of hydrogen-bond donors (Lipinski definition) is 0. The van der Waals surface area contributed by atoms with E-state index in [1.54, 1.807) is 11.3 Å². The molecule has 0 amide bonds. The van der Waals surface area contributed by atoms with E-state index in [1.807, 2.05) is 0 Å². The second-order valence-electron chi connectivity index (χ2n) is 22.4. The average molecular weight is 781 g/mol. The summed E-state index contributed by atoms with van der Waals surface area (Å²) >= 11 is 1.78. The number of ketones is 2. The van der Waals surface area contributed by atoms with E-state index in [4.69, 9.17) is 0 Å².